The number of carbonyl (C=O) groups excluding carboxylic acids is 2. The second-order valence-corrected chi connectivity index (χ2v) is 12.9. The number of carbonyl (C=O) groups is 2. The van der Waals surface area contributed by atoms with Crippen LogP contribution in [0.5, 0.6) is 0 Å². The SMILES string of the molecule is Cc1ccc(CN(C(=O)CN(c2ccc(C)c(Cl)c2)S(C)(=O)=O)[C@H](Cc2ccccc2)C(=O)NCC(C)C)cc1. The highest BCUT2D eigenvalue weighted by atomic mass is 35.5. The fraction of sp³-hybridized carbons (Fsp3) is 0.355. The van der Waals surface area contributed by atoms with Crippen LogP contribution in [-0.2, 0) is 32.6 Å². The van der Waals surface area contributed by atoms with Crippen LogP contribution in [0.3, 0.4) is 0 Å². The quantitative estimate of drug-likeness (QED) is 0.320. The molecule has 0 saturated carbocycles. The molecule has 3 aromatic rings. The second-order valence-electron chi connectivity index (χ2n) is 10.6. The maximum absolute atomic E-state index is 14.1. The molecule has 0 bridgehead atoms. The smallest absolute Gasteiger partial charge is 0.244 e. The van der Waals surface area contributed by atoms with E-state index in [1.54, 1.807) is 12.1 Å². The van der Waals surface area contributed by atoms with Gasteiger partial charge in [0.05, 0.1) is 11.9 Å². The lowest BCUT2D eigenvalue weighted by Crippen LogP contribution is -2.53. The maximum Gasteiger partial charge on any atom is 0.244 e. The van der Waals surface area contributed by atoms with Crippen LogP contribution in [0.1, 0.15) is 36.1 Å². The molecule has 2 amide bonds. The molecule has 0 aromatic heterocycles. The van der Waals surface area contributed by atoms with E-state index in [1.165, 1.54) is 11.0 Å². The van der Waals surface area contributed by atoms with Crippen molar-refractivity contribution in [2.24, 2.45) is 5.92 Å². The minimum atomic E-state index is -3.85. The van der Waals surface area contributed by atoms with Crippen molar-refractivity contribution in [3.05, 3.63) is 100 Å². The number of nitrogens with one attached hydrogen (secondary N) is 1. The molecule has 214 valence electrons. The predicted octanol–water partition coefficient (Wildman–Crippen LogP) is 5.14. The summed E-state index contributed by atoms with van der Waals surface area (Å²) >= 11 is 6.30. The summed E-state index contributed by atoms with van der Waals surface area (Å²) in [5.41, 5.74) is 3.86. The third-order valence-corrected chi connectivity index (χ3v) is 8.10. The maximum atomic E-state index is 14.1. The summed E-state index contributed by atoms with van der Waals surface area (Å²) in [6, 6.07) is 21.2. The average Bonchev–Trinajstić information content (AvgIpc) is 2.90. The van der Waals surface area contributed by atoms with Crippen molar-refractivity contribution in [2.75, 3.05) is 23.7 Å². The first-order valence-electron chi connectivity index (χ1n) is 13.3. The van der Waals surface area contributed by atoms with Gasteiger partial charge in [-0.2, -0.15) is 0 Å². The van der Waals surface area contributed by atoms with Crippen molar-refractivity contribution in [3.8, 4) is 0 Å². The van der Waals surface area contributed by atoms with E-state index in [0.29, 0.717) is 11.6 Å². The second kappa shape index (κ2) is 13.8. The lowest BCUT2D eigenvalue weighted by molar-refractivity contribution is -0.140. The zero-order chi connectivity index (χ0) is 29.4. The predicted molar refractivity (Wildman–Crippen MR) is 162 cm³/mol. The molecular weight excluding hydrogens is 546 g/mol. The van der Waals surface area contributed by atoms with Crippen LogP contribution in [0.4, 0.5) is 5.69 Å². The topological polar surface area (TPSA) is 86.8 Å². The van der Waals surface area contributed by atoms with Crippen LogP contribution in [0, 0.1) is 19.8 Å². The summed E-state index contributed by atoms with van der Waals surface area (Å²) in [5.74, 6) is -0.569. The minimum Gasteiger partial charge on any atom is -0.354 e. The van der Waals surface area contributed by atoms with Gasteiger partial charge in [0.15, 0.2) is 0 Å². The van der Waals surface area contributed by atoms with Crippen LogP contribution >= 0.6 is 11.6 Å². The fourth-order valence-corrected chi connectivity index (χ4v) is 5.23. The number of amides is 2. The van der Waals surface area contributed by atoms with E-state index in [1.807, 2.05) is 82.3 Å². The highest BCUT2D eigenvalue weighted by Crippen LogP contribution is 2.26. The van der Waals surface area contributed by atoms with Crippen molar-refractivity contribution in [2.45, 2.75) is 46.7 Å². The Hall–Kier alpha value is -3.36. The van der Waals surface area contributed by atoms with Gasteiger partial charge < -0.3 is 10.2 Å². The van der Waals surface area contributed by atoms with Gasteiger partial charge >= 0.3 is 0 Å². The van der Waals surface area contributed by atoms with E-state index in [-0.39, 0.29) is 30.5 Å². The summed E-state index contributed by atoms with van der Waals surface area (Å²) < 4.78 is 26.8. The van der Waals surface area contributed by atoms with Crippen molar-refractivity contribution in [1.29, 1.82) is 0 Å². The number of hydrogen-bond donors (Lipinski definition) is 1. The fourth-order valence-electron chi connectivity index (χ4n) is 4.22. The Morgan fingerprint density at radius 3 is 2.15 bits per heavy atom. The highest BCUT2D eigenvalue weighted by Gasteiger charge is 2.33. The molecule has 3 rings (SSSR count). The van der Waals surface area contributed by atoms with Crippen molar-refractivity contribution in [3.63, 3.8) is 0 Å². The number of nitrogens with zero attached hydrogens (tertiary/aromatic N) is 2. The van der Waals surface area contributed by atoms with Gasteiger partial charge in [0.25, 0.3) is 0 Å². The zero-order valence-electron chi connectivity index (χ0n) is 23.7. The van der Waals surface area contributed by atoms with Crippen LogP contribution in [0.25, 0.3) is 0 Å². The highest BCUT2D eigenvalue weighted by molar-refractivity contribution is 7.92. The zero-order valence-corrected chi connectivity index (χ0v) is 25.3. The molecular formula is C31H38ClN3O4S. The number of sulfonamides is 1. The third-order valence-electron chi connectivity index (χ3n) is 6.55. The molecule has 0 unspecified atom stereocenters. The van der Waals surface area contributed by atoms with E-state index in [4.69, 9.17) is 11.6 Å². The Labute approximate surface area is 243 Å². The molecule has 0 aliphatic carbocycles. The van der Waals surface area contributed by atoms with Gasteiger partial charge in [0.2, 0.25) is 21.8 Å². The minimum absolute atomic E-state index is 0.137. The van der Waals surface area contributed by atoms with Crippen molar-refractivity contribution >= 4 is 39.1 Å². The molecule has 1 N–H and O–H groups in total. The average molecular weight is 584 g/mol. The van der Waals surface area contributed by atoms with Crippen molar-refractivity contribution in [1.82, 2.24) is 10.2 Å². The van der Waals surface area contributed by atoms with E-state index in [2.05, 4.69) is 5.32 Å². The standard InChI is InChI=1S/C31H38ClN3O4S/c1-22(2)19-33-31(37)29(17-25-9-7-6-8-10-25)34(20-26-14-11-23(3)12-15-26)30(36)21-35(40(5,38)39)27-16-13-24(4)28(32)18-27/h6-16,18,22,29H,17,19-21H2,1-5H3,(H,33,37)/t29-/m1/s1. The Balaban J connectivity index is 2.05. The molecule has 0 fully saturated rings. The van der Waals surface area contributed by atoms with Crippen LogP contribution in [0.2, 0.25) is 5.02 Å². The van der Waals surface area contributed by atoms with Gasteiger partial charge in [0, 0.05) is 24.5 Å². The van der Waals surface area contributed by atoms with E-state index in [9.17, 15) is 18.0 Å². The molecule has 0 radical (unpaired) electrons. The molecule has 0 aliphatic rings. The largest absolute Gasteiger partial charge is 0.354 e. The Bertz CT molecular complexity index is 1410. The van der Waals surface area contributed by atoms with E-state index < -0.39 is 28.5 Å². The van der Waals surface area contributed by atoms with Gasteiger partial charge in [0.1, 0.15) is 12.6 Å². The summed E-state index contributed by atoms with van der Waals surface area (Å²) in [5, 5.41) is 3.37. The number of halogens is 1. The summed E-state index contributed by atoms with van der Waals surface area (Å²) in [4.78, 5) is 29.2. The molecule has 0 saturated heterocycles. The number of aryl methyl sites for hydroxylation is 2. The first kappa shape index (κ1) is 31.2. The molecule has 0 aliphatic heterocycles. The van der Waals surface area contributed by atoms with E-state index in [0.717, 1.165) is 32.8 Å². The van der Waals surface area contributed by atoms with Crippen LogP contribution < -0.4 is 9.62 Å². The van der Waals surface area contributed by atoms with Crippen LogP contribution in [-0.4, -0.2) is 50.5 Å². The monoisotopic (exact) mass is 583 g/mol. The van der Waals surface area contributed by atoms with Gasteiger partial charge in [-0.15, -0.1) is 0 Å². The first-order valence-corrected chi connectivity index (χ1v) is 15.5. The molecule has 7 nitrogen and oxygen atoms in total. The molecule has 0 spiro atoms. The van der Waals surface area contributed by atoms with Gasteiger partial charge in [-0.05, 0) is 48.6 Å². The molecule has 40 heavy (non-hydrogen) atoms. The lowest BCUT2D eigenvalue weighted by atomic mass is 10.0. The molecule has 3 aromatic carbocycles. The molecule has 0 heterocycles. The molecule has 1 atom stereocenters. The van der Waals surface area contributed by atoms with Gasteiger partial charge in [-0.25, -0.2) is 8.42 Å². The number of rotatable bonds is 12. The molecule has 9 heteroatoms. The van der Waals surface area contributed by atoms with Crippen molar-refractivity contribution < 1.29 is 18.0 Å². The van der Waals surface area contributed by atoms with Gasteiger partial charge in [-0.3, -0.25) is 13.9 Å². The Morgan fingerprint density at radius 2 is 1.57 bits per heavy atom. The first-order chi connectivity index (χ1) is 18.8. The number of hydrogen-bond acceptors (Lipinski definition) is 4. The summed E-state index contributed by atoms with van der Waals surface area (Å²) in [6.45, 7) is 7.89. The normalized spacial score (nSPS) is 12.2. The van der Waals surface area contributed by atoms with Gasteiger partial charge in [-0.1, -0.05) is 91.7 Å². The lowest BCUT2D eigenvalue weighted by Gasteiger charge is -2.33. The van der Waals surface area contributed by atoms with E-state index >= 15 is 0 Å². The number of benzene rings is 3. The Morgan fingerprint density at radius 1 is 0.925 bits per heavy atom. The number of anilines is 1. The Kier molecular flexibility index (Phi) is 10.8. The van der Waals surface area contributed by atoms with Crippen LogP contribution in [0.15, 0.2) is 72.8 Å². The summed E-state index contributed by atoms with van der Waals surface area (Å²) in [6.07, 6.45) is 1.33. The third kappa shape index (κ3) is 8.83. The summed E-state index contributed by atoms with van der Waals surface area (Å²) in [7, 11) is -3.85.